The molecule has 5 nitrogen and oxygen atoms in total. The second kappa shape index (κ2) is 4.87. The minimum atomic E-state index is -0.216. The molecule has 0 saturated carbocycles. The highest BCUT2D eigenvalue weighted by Crippen LogP contribution is 2.25. The number of rotatable bonds is 2. The van der Waals surface area contributed by atoms with E-state index in [1.807, 2.05) is 60.7 Å². The lowest BCUT2D eigenvalue weighted by molar-refractivity contribution is -0.424. The number of carbonyl (C=O) groups is 1. The molecule has 1 amide bonds. The molecule has 0 atom stereocenters. The summed E-state index contributed by atoms with van der Waals surface area (Å²) >= 11 is 0. The van der Waals surface area contributed by atoms with E-state index in [0.29, 0.717) is 11.4 Å². The van der Waals surface area contributed by atoms with Crippen LogP contribution in [0.2, 0.25) is 0 Å². The third-order valence-corrected chi connectivity index (χ3v) is 3.68. The number of aliphatic imine (C=N–C) groups is 2. The van der Waals surface area contributed by atoms with Crippen LogP contribution in [0.3, 0.4) is 0 Å². The molecule has 2 radical (unpaired) electrons. The summed E-state index contributed by atoms with van der Waals surface area (Å²) in [7, 11) is 0. The number of nitrogens with one attached hydrogen (secondary N) is 1. The van der Waals surface area contributed by atoms with E-state index < -0.39 is 0 Å². The molecule has 0 spiro atoms. The SMILES string of the molecule is CC1=C[CH]C=C2C=C(C(=O)NC3=C[C]4N=CC=[N+]4C=C3)N=C12. The highest BCUT2D eigenvalue weighted by Gasteiger charge is 2.27. The lowest BCUT2D eigenvalue weighted by Crippen LogP contribution is -2.25. The standard InChI is InChI=1S/C17H13N4O/c1-11-3-2-4-12-9-14(20-16(11)12)17(22)19-13-5-7-21-8-6-18-15(21)10-13/h2-10H,1H3,(H,19,22)/q+1. The van der Waals surface area contributed by atoms with Gasteiger partial charge in [0.15, 0.2) is 12.4 Å². The molecule has 4 rings (SSSR count). The van der Waals surface area contributed by atoms with Crippen LogP contribution in [0.1, 0.15) is 6.92 Å². The van der Waals surface area contributed by atoms with Gasteiger partial charge in [-0.3, -0.25) is 4.79 Å². The van der Waals surface area contributed by atoms with Gasteiger partial charge in [0, 0.05) is 18.6 Å². The van der Waals surface area contributed by atoms with Crippen molar-refractivity contribution in [2.75, 3.05) is 0 Å². The largest absolute Gasteiger partial charge is 0.374 e. The van der Waals surface area contributed by atoms with Gasteiger partial charge in [-0.1, -0.05) is 12.2 Å². The third kappa shape index (κ3) is 2.11. The molecule has 1 aliphatic carbocycles. The van der Waals surface area contributed by atoms with Crippen molar-refractivity contribution in [1.29, 1.82) is 0 Å². The van der Waals surface area contributed by atoms with Crippen LogP contribution in [0.25, 0.3) is 0 Å². The zero-order valence-corrected chi connectivity index (χ0v) is 11.9. The molecule has 0 bridgehead atoms. The van der Waals surface area contributed by atoms with Gasteiger partial charge < -0.3 is 5.32 Å². The number of amides is 1. The number of nitrogens with zero attached hydrogens (tertiary/aromatic N) is 3. The minimum Gasteiger partial charge on any atom is -0.320 e. The van der Waals surface area contributed by atoms with E-state index in [2.05, 4.69) is 15.3 Å². The van der Waals surface area contributed by atoms with Crippen molar-refractivity contribution in [1.82, 2.24) is 5.32 Å². The molecule has 3 heterocycles. The summed E-state index contributed by atoms with van der Waals surface area (Å²) in [6.07, 6.45) is 17.6. The average molecular weight is 289 g/mol. The molecule has 3 aliphatic heterocycles. The molecule has 0 unspecified atom stereocenters. The summed E-state index contributed by atoms with van der Waals surface area (Å²) in [5.74, 6) is -0.216. The summed E-state index contributed by atoms with van der Waals surface area (Å²) in [5, 5.41) is 2.87. The van der Waals surface area contributed by atoms with E-state index in [9.17, 15) is 4.79 Å². The van der Waals surface area contributed by atoms with Crippen LogP contribution in [0.5, 0.6) is 0 Å². The van der Waals surface area contributed by atoms with Crippen LogP contribution in [0.4, 0.5) is 0 Å². The van der Waals surface area contributed by atoms with Crippen LogP contribution < -0.4 is 5.32 Å². The van der Waals surface area contributed by atoms with Crippen molar-refractivity contribution in [3.8, 4) is 0 Å². The first-order chi connectivity index (χ1) is 10.7. The van der Waals surface area contributed by atoms with Gasteiger partial charge in [-0.2, -0.15) is 4.58 Å². The Labute approximate surface area is 128 Å². The molecule has 4 aliphatic rings. The first-order valence-corrected chi connectivity index (χ1v) is 6.98. The molecule has 1 N–H and O–H groups in total. The Balaban J connectivity index is 1.52. The van der Waals surface area contributed by atoms with Crippen LogP contribution in [-0.2, 0) is 4.79 Å². The van der Waals surface area contributed by atoms with Crippen LogP contribution in [-0.4, -0.2) is 28.6 Å². The summed E-state index contributed by atoms with van der Waals surface area (Å²) < 4.78 is 1.88. The van der Waals surface area contributed by atoms with Crippen molar-refractivity contribution in [2.45, 2.75) is 6.92 Å². The van der Waals surface area contributed by atoms with E-state index in [-0.39, 0.29) is 5.91 Å². The van der Waals surface area contributed by atoms with Crippen molar-refractivity contribution in [3.05, 3.63) is 71.7 Å². The Kier molecular flexibility index (Phi) is 2.85. The number of fused-ring (bicyclic) bond motifs is 2. The van der Waals surface area contributed by atoms with Crippen molar-refractivity contribution in [3.63, 3.8) is 0 Å². The van der Waals surface area contributed by atoms with Gasteiger partial charge in [0.05, 0.1) is 17.6 Å². The maximum absolute atomic E-state index is 12.4. The topological polar surface area (TPSA) is 56.8 Å². The van der Waals surface area contributed by atoms with E-state index in [4.69, 9.17) is 0 Å². The molecule has 22 heavy (non-hydrogen) atoms. The lowest BCUT2D eigenvalue weighted by Gasteiger charge is -2.09. The van der Waals surface area contributed by atoms with Gasteiger partial charge in [-0.25, -0.2) is 9.98 Å². The predicted octanol–water partition coefficient (Wildman–Crippen LogP) is 1.60. The van der Waals surface area contributed by atoms with Crippen LogP contribution in [0.15, 0.2) is 69.1 Å². The van der Waals surface area contributed by atoms with E-state index in [1.54, 1.807) is 6.21 Å². The quantitative estimate of drug-likeness (QED) is 0.771. The maximum atomic E-state index is 12.4. The van der Waals surface area contributed by atoms with Gasteiger partial charge in [-0.05, 0) is 24.1 Å². The Morgan fingerprint density at radius 1 is 1.27 bits per heavy atom. The molecule has 5 heteroatoms. The third-order valence-electron chi connectivity index (χ3n) is 3.68. The van der Waals surface area contributed by atoms with Gasteiger partial charge in [0.1, 0.15) is 5.70 Å². The van der Waals surface area contributed by atoms with Crippen molar-refractivity contribution < 1.29 is 9.37 Å². The highest BCUT2D eigenvalue weighted by molar-refractivity contribution is 6.20. The van der Waals surface area contributed by atoms with Crippen molar-refractivity contribution in [2.24, 2.45) is 9.98 Å². The van der Waals surface area contributed by atoms with Crippen molar-refractivity contribution >= 4 is 24.0 Å². The Morgan fingerprint density at radius 2 is 2.18 bits per heavy atom. The average Bonchev–Trinajstić information content (AvgIpc) is 3.13. The highest BCUT2D eigenvalue weighted by atomic mass is 16.2. The number of carbonyl (C=O) groups excluding carboxylic acids is 1. The lowest BCUT2D eigenvalue weighted by atomic mass is 9.98. The zero-order chi connectivity index (χ0) is 15.1. The number of hydrogen-bond acceptors (Lipinski definition) is 3. The molecule has 0 aromatic heterocycles. The summed E-state index contributed by atoms with van der Waals surface area (Å²) in [6, 6.07) is 0. The molecule has 106 valence electrons. The Hall–Kier alpha value is -2.82. The molecule has 0 aromatic rings. The Bertz CT molecular complexity index is 816. The first-order valence-electron chi connectivity index (χ1n) is 6.98. The monoisotopic (exact) mass is 289 g/mol. The number of allylic oxidation sites excluding steroid dienone is 6. The smallest absolute Gasteiger partial charge is 0.320 e. The van der Waals surface area contributed by atoms with E-state index >= 15 is 0 Å². The normalized spacial score (nSPS) is 22.0. The van der Waals surface area contributed by atoms with E-state index in [1.165, 1.54) is 0 Å². The predicted molar refractivity (Wildman–Crippen MR) is 85.1 cm³/mol. The summed E-state index contributed by atoms with van der Waals surface area (Å²) in [4.78, 5) is 21.0. The number of hydrogen-bond donors (Lipinski definition) is 1. The zero-order valence-electron chi connectivity index (χ0n) is 11.9. The fraction of sp³-hybridized carbons (Fsp3) is 0.0588. The maximum Gasteiger partial charge on any atom is 0.374 e. The molecule has 0 saturated heterocycles. The summed E-state index contributed by atoms with van der Waals surface area (Å²) in [5.41, 5.74) is 4.04. The Morgan fingerprint density at radius 3 is 3.05 bits per heavy atom. The van der Waals surface area contributed by atoms with Gasteiger partial charge in [-0.15, -0.1) is 0 Å². The second-order valence-electron chi connectivity index (χ2n) is 5.22. The van der Waals surface area contributed by atoms with Crippen LogP contribution >= 0.6 is 0 Å². The fourth-order valence-corrected chi connectivity index (χ4v) is 2.55. The molecular weight excluding hydrogens is 276 g/mol. The van der Waals surface area contributed by atoms with Gasteiger partial charge in [0.2, 0.25) is 0 Å². The van der Waals surface area contributed by atoms with Gasteiger partial charge in [0.25, 0.3) is 5.91 Å². The van der Waals surface area contributed by atoms with Gasteiger partial charge >= 0.3 is 6.17 Å². The fourth-order valence-electron chi connectivity index (χ4n) is 2.55. The molecule has 0 aromatic carbocycles. The summed E-state index contributed by atoms with van der Waals surface area (Å²) in [6.45, 7) is 1.99. The molecular formula is C17H13N4O+. The van der Waals surface area contributed by atoms with E-state index in [0.717, 1.165) is 23.0 Å². The minimum absolute atomic E-state index is 0.216. The van der Waals surface area contributed by atoms with Crippen LogP contribution in [0, 0.1) is 12.6 Å². The first kappa shape index (κ1) is 12.9. The molecule has 0 fully saturated rings. The second-order valence-corrected chi connectivity index (χ2v) is 5.22.